The van der Waals surface area contributed by atoms with Crippen LogP contribution in [0, 0.1) is 12.3 Å². The topological polar surface area (TPSA) is 75.1 Å². The van der Waals surface area contributed by atoms with Crippen molar-refractivity contribution in [3.8, 4) is 12.3 Å². The van der Waals surface area contributed by atoms with E-state index in [-0.39, 0.29) is 17.6 Å². The lowest BCUT2D eigenvalue weighted by molar-refractivity contribution is 0.0691. The van der Waals surface area contributed by atoms with Crippen LogP contribution in [0.3, 0.4) is 0 Å². The van der Waals surface area contributed by atoms with E-state index < -0.39 is 5.97 Å². The number of carbonyl (C=O) groups is 1. The molecule has 1 heterocycles. The summed E-state index contributed by atoms with van der Waals surface area (Å²) in [6.45, 7) is 1.90. The van der Waals surface area contributed by atoms with E-state index in [1.165, 1.54) is 12.4 Å². The maximum absolute atomic E-state index is 10.8. The molecular weight excluding hydrogens is 194 g/mol. The zero-order valence-corrected chi connectivity index (χ0v) is 8.27. The van der Waals surface area contributed by atoms with Crippen molar-refractivity contribution in [2.45, 2.75) is 19.4 Å². The zero-order valence-electron chi connectivity index (χ0n) is 8.27. The molecule has 0 spiro atoms. The van der Waals surface area contributed by atoms with Crippen LogP contribution >= 0.6 is 0 Å². The lowest BCUT2D eigenvalue weighted by Crippen LogP contribution is -2.19. The van der Waals surface area contributed by atoms with Gasteiger partial charge in [0.25, 0.3) is 0 Å². The van der Waals surface area contributed by atoms with Gasteiger partial charge in [-0.25, -0.2) is 14.8 Å². The van der Waals surface area contributed by atoms with Gasteiger partial charge in [0, 0.05) is 12.4 Å². The summed E-state index contributed by atoms with van der Waals surface area (Å²) in [5, 5.41) is 11.7. The molecule has 5 nitrogen and oxygen atoms in total. The highest BCUT2D eigenvalue weighted by Crippen LogP contribution is 2.10. The number of carboxylic acids is 1. The molecule has 1 rings (SSSR count). The summed E-state index contributed by atoms with van der Waals surface area (Å²) in [4.78, 5) is 18.4. The first-order valence-corrected chi connectivity index (χ1v) is 4.46. The Hall–Kier alpha value is -2.09. The fraction of sp³-hybridized carbons (Fsp3) is 0.300. The summed E-state index contributed by atoms with van der Waals surface area (Å²) < 4.78 is 0. The highest BCUT2D eigenvalue weighted by atomic mass is 16.4. The van der Waals surface area contributed by atoms with Gasteiger partial charge in [0.15, 0.2) is 11.5 Å². The number of hydrogen-bond donors (Lipinski definition) is 2. The maximum Gasteiger partial charge on any atom is 0.358 e. The highest BCUT2D eigenvalue weighted by Gasteiger charge is 2.14. The van der Waals surface area contributed by atoms with Gasteiger partial charge >= 0.3 is 5.97 Å². The number of terminal acetylenes is 1. The summed E-state index contributed by atoms with van der Waals surface area (Å²) in [5.74, 6) is 1.57. The summed E-state index contributed by atoms with van der Waals surface area (Å²) in [6, 6.07) is -0.236. The Balaban J connectivity index is 2.94. The smallest absolute Gasteiger partial charge is 0.358 e. The normalized spacial score (nSPS) is 11.5. The molecule has 0 aromatic carbocycles. The average Bonchev–Trinajstić information content (AvgIpc) is 2.26. The third-order valence-electron chi connectivity index (χ3n) is 1.82. The molecule has 0 bridgehead atoms. The quantitative estimate of drug-likeness (QED) is 0.717. The van der Waals surface area contributed by atoms with Crippen molar-refractivity contribution in [1.29, 1.82) is 0 Å². The Kier molecular flexibility index (Phi) is 3.63. The second-order valence-corrected chi connectivity index (χ2v) is 2.83. The van der Waals surface area contributed by atoms with E-state index >= 15 is 0 Å². The lowest BCUT2D eigenvalue weighted by atomic mass is 10.2. The predicted octanol–water partition coefficient (Wildman–Crippen LogP) is 0.998. The van der Waals surface area contributed by atoms with Crippen LogP contribution in [0.15, 0.2) is 12.4 Å². The second-order valence-electron chi connectivity index (χ2n) is 2.83. The van der Waals surface area contributed by atoms with Gasteiger partial charge in [-0.05, 0) is 6.42 Å². The molecule has 0 saturated carbocycles. The number of anilines is 1. The molecule has 1 unspecified atom stereocenters. The number of rotatable bonds is 4. The van der Waals surface area contributed by atoms with E-state index in [2.05, 4.69) is 21.2 Å². The van der Waals surface area contributed by atoms with Crippen LogP contribution in [0.2, 0.25) is 0 Å². The van der Waals surface area contributed by atoms with Crippen LogP contribution < -0.4 is 5.32 Å². The molecule has 0 aliphatic carbocycles. The van der Waals surface area contributed by atoms with Crippen molar-refractivity contribution >= 4 is 11.8 Å². The van der Waals surface area contributed by atoms with Crippen molar-refractivity contribution in [3.05, 3.63) is 18.1 Å². The van der Waals surface area contributed by atoms with Crippen molar-refractivity contribution in [3.63, 3.8) is 0 Å². The van der Waals surface area contributed by atoms with Crippen LogP contribution in [-0.2, 0) is 0 Å². The number of hydrogen-bond acceptors (Lipinski definition) is 4. The van der Waals surface area contributed by atoms with Gasteiger partial charge in [-0.3, -0.25) is 0 Å². The maximum atomic E-state index is 10.8. The fourth-order valence-electron chi connectivity index (χ4n) is 1.03. The summed E-state index contributed by atoms with van der Waals surface area (Å²) >= 11 is 0. The minimum absolute atomic E-state index is 0.119. The molecule has 1 aromatic heterocycles. The minimum Gasteiger partial charge on any atom is -0.476 e. The van der Waals surface area contributed by atoms with Gasteiger partial charge < -0.3 is 10.4 Å². The lowest BCUT2D eigenvalue weighted by Gasteiger charge is -2.11. The van der Waals surface area contributed by atoms with Gasteiger partial charge in [0.1, 0.15) is 0 Å². The molecule has 15 heavy (non-hydrogen) atoms. The standard InChI is InChI=1S/C10H11N3O2/c1-3-7(4-2)13-9-8(10(14)15)11-5-6-12-9/h1,5-7H,4H2,2H3,(H,12,13)(H,14,15). The third-order valence-corrected chi connectivity index (χ3v) is 1.82. The first kappa shape index (κ1) is 11.0. The first-order valence-electron chi connectivity index (χ1n) is 4.46. The summed E-state index contributed by atoms with van der Waals surface area (Å²) in [6.07, 6.45) is 8.68. The molecule has 2 N–H and O–H groups in total. The average molecular weight is 205 g/mol. The molecule has 1 aromatic rings. The predicted molar refractivity (Wildman–Crippen MR) is 55.5 cm³/mol. The number of carboxylic acid groups (broad SMARTS) is 1. The Morgan fingerprint density at radius 2 is 2.33 bits per heavy atom. The van der Waals surface area contributed by atoms with Crippen molar-refractivity contribution in [2.75, 3.05) is 5.32 Å². The van der Waals surface area contributed by atoms with Crippen LogP contribution in [0.25, 0.3) is 0 Å². The summed E-state index contributed by atoms with van der Waals surface area (Å²) in [5.41, 5.74) is -0.119. The highest BCUT2D eigenvalue weighted by molar-refractivity contribution is 5.90. The Labute approximate surface area is 87.6 Å². The summed E-state index contributed by atoms with van der Waals surface area (Å²) in [7, 11) is 0. The van der Waals surface area contributed by atoms with E-state index in [4.69, 9.17) is 11.5 Å². The minimum atomic E-state index is -1.13. The number of aromatic nitrogens is 2. The Bertz CT molecular complexity index is 398. The van der Waals surface area contributed by atoms with E-state index in [0.29, 0.717) is 6.42 Å². The Morgan fingerprint density at radius 1 is 1.67 bits per heavy atom. The zero-order chi connectivity index (χ0) is 11.3. The van der Waals surface area contributed by atoms with E-state index in [1.807, 2.05) is 6.92 Å². The SMILES string of the molecule is C#CC(CC)Nc1nccnc1C(=O)O. The molecule has 1 atom stereocenters. The van der Waals surface area contributed by atoms with Crippen molar-refractivity contribution in [1.82, 2.24) is 9.97 Å². The van der Waals surface area contributed by atoms with Gasteiger partial charge in [0.2, 0.25) is 0 Å². The van der Waals surface area contributed by atoms with Crippen LogP contribution in [-0.4, -0.2) is 27.1 Å². The van der Waals surface area contributed by atoms with Crippen LogP contribution in [0.4, 0.5) is 5.82 Å². The van der Waals surface area contributed by atoms with Crippen molar-refractivity contribution < 1.29 is 9.90 Å². The molecule has 0 aliphatic rings. The molecule has 0 fully saturated rings. The van der Waals surface area contributed by atoms with Gasteiger partial charge in [-0.2, -0.15) is 0 Å². The first-order chi connectivity index (χ1) is 7.19. The monoisotopic (exact) mass is 205 g/mol. The van der Waals surface area contributed by atoms with Gasteiger partial charge in [-0.15, -0.1) is 6.42 Å². The van der Waals surface area contributed by atoms with Crippen LogP contribution in [0.5, 0.6) is 0 Å². The van der Waals surface area contributed by atoms with Gasteiger partial charge in [0.05, 0.1) is 6.04 Å². The molecule has 0 amide bonds. The largest absolute Gasteiger partial charge is 0.476 e. The third kappa shape index (κ3) is 2.68. The van der Waals surface area contributed by atoms with E-state index in [1.54, 1.807) is 0 Å². The Morgan fingerprint density at radius 3 is 2.87 bits per heavy atom. The molecule has 0 aliphatic heterocycles. The van der Waals surface area contributed by atoms with Crippen LogP contribution in [0.1, 0.15) is 23.8 Å². The molecule has 0 radical (unpaired) electrons. The number of nitrogens with zero attached hydrogens (tertiary/aromatic N) is 2. The molecule has 0 saturated heterocycles. The van der Waals surface area contributed by atoms with Crippen molar-refractivity contribution in [2.24, 2.45) is 0 Å². The molecule has 5 heteroatoms. The van der Waals surface area contributed by atoms with E-state index in [0.717, 1.165) is 0 Å². The molecule has 78 valence electrons. The van der Waals surface area contributed by atoms with Gasteiger partial charge in [-0.1, -0.05) is 12.8 Å². The number of aromatic carboxylic acids is 1. The fourth-order valence-corrected chi connectivity index (χ4v) is 1.03. The number of nitrogens with one attached hydrogen (secondary N) is 1. The molecular formula is C10H11N3O2. The van der Waals surface area contributed by atoms with E-state index in [9.17, 15) is 4.79 Å². The second kappa shape index (κ2) is 4.96.